The van der Waals surface area contributed by atoms with Gasteiger partial charge in [0.2, 0.25) is 0 Å². The molecular formula is C13H22O2. The fraction of sp³-hybridized carbons (Fsp3) is 0.615. The molecule has 0 bridgehead atoms. The van der Waals surface area contributed by atoms with Gasteiger partial charge in [-0.15, -0.1) is 0 Å². The van der Waals surface area contributed by atoms with Crippen molar-refractivity contribution >= 4 is 5.97 Å². The lowest BCUT2D eigenvalue weighted by molar-refractivity contribution is -0.137. The Morgan fingerprint density at radius 3 is 2.40 bits per heavy atom. The number of carbonyl (C=O) groups excluding carboxylic acids is 1. The quantitative estimate of drug-likeness (QED) is 0.376. The standard InChI is InChI=1S/C13H22O2/c1-5-8-11(3)12(4)9-7-10-15-13(14)6-2/h7,10H,5-6,8-9H2,1-4H3/b10-7+,12-11+. The monoisotopic (exact) mass is 210 g/mol. The minimum absolute atomic E-state index is 0.182. The molecule has 0 aliphatic heterocycles. The highest BCUT2D eigenvalue weighted by Gasteiger charge is 1.95. The van der Waals surface area contributed by atoms with Gasteiger partial charge < -0.3 is 4.74 Å². The van der Waals surface area contributed by atoms with E-state index >= 15 is 0 Å². The molecule has 0 amide bonds. The number of allylic oxidation sites excluding steroid dienone is 3. The van der Waals surface area contributed by atoms with Crippen LogP contribution in [0.25, 0.3) is 0 Å². The van der Waals surface area contributed by atoms with Crippen molar-refractivity contribution in [2.24, 2.45) is 0 Å². The summed E-state index contributed by atoms with van der Waals surface area (Å²) in [6, 6.07) is 0. The van der Waals surface area contributed by atoms with Gasteiger partial charge in [-0.2, -0.15) is 0 Å². The van der Waals surface area contributed by atoms with E-state index in [0.29, 0.717) is 6.42 Å². The maximum atomic E-state index is 10.8. The van der Waals surface area contributed by atoms with Crippen LogP contribution in [0.3, 0.4) is 0 Å². The van der Waals surface area contributed by atoms with Crippen LogP contribution in [-0.4, -0.2) is 5.97 Å². The molecule has 86 valence electrons. The summed E-state index contributed by atoms with van der Waals surface area (Å²) in [5.41, 5.74) is 2.80. The second-order valence-corrected chi connectivity index (χ2v) is 3.73. The highest BCUT2D eigenvalue weighted by atomic mass is 16.5. The summed E-state index contributed by atoms with van der Waals surface area (Å²) in [5, 5.41) is 0. The van der Waals surface area contributed by atoms with E-state index in [4.69, 9.17) is 4.74 Å². The molecule has 0 aliphatic rings. The van der Waals surface area contributed by atoms with Gasteiger partial charge in [0.05, 0.1) is 6.26 Å². The Morgan fingerprint density at radius 1 is 1.20 bits per heavy atom. The van der Waals surface area contributed by atoms with Crippen LogP contribution in [0.15, 0.2) is 23.5 Å². The fourth-order valence-electron chi connectivity index (χ4n) is 1.19. The average Bonchev–Trinajstić information content (AvgIpc) is 2.23. The molecule has 15 heavy (non-hydrogen) atoms. The molecule has 0 saturated carbocycles. The van der Waals surface area contributed by atoms with Crippen molar-refractivity contribution in [3.05, 3.63) is 23.5 Å². The first-order valence-corrected chi connectivity index (χ1v) is 5.61. The fourth-order valence-corrected chi connectivity index (χ4v) is 1.19. The van der Waals surface area contributed by atoms with Crippen molar-refractivity contribution in [1.29, 1.82) is 0 Å². The first kappa shape index (κ1) is 13.9. The van der Waals surface area contributed by atoms with Gasteiger partial charge in [-0.25, -0.2) is 0 Å². The second kappa shape index (κ2) is 8.27. The lowest BCUT2D eigenvalue weighted by Crippen LogP contribution is -1.95. The van der Waals surface area contributed by atoms with Crippen LogP contribution in [0.1, 0.15) is 53.4 Å². The van der Waals surface area contributed by atoms with Crippen LogP contribution in [0.2, 0.25) is 0 Å². The minimum Gasteiger partial charge on any atom is -0.435 e. The summed E-state index contributed by atoms with van der Waals surface area (Å²) >= 11 is 0. The van der Waals surface area contributed by atoms with Crippen LogP contribution in [0.5, 0.6) is 0 Å². The van der Waals surface area contributed by atoms with E-state index in [2.05, 4.69) is 20.8 Å². The largest absolute Gasteiger partial charge is 0.435 e. The molecule has 0 rings (SSSR count). The van der Waals surface area contributed by atoms with Crippen LogP contribution in [-0.2, 0) is 9.53 Å². The summed E-state index contributed by atoms with van der Waals surface area (Å²) in [6.45, 7) is 8.24. The molecular weight excluding hydrogens is 188 g/mol. The van der Waals surface area contributed by atoms with E-state index < -0.39 is 0 Å². The maximum Gasteiger partial charge on any atom is 0.310 e. The molecule has 0 radical (unpaired) electrons. The van der Waals surface area contributed by atoms with Gasteiger partial charge in [-0.3, -0.25) is 4.79 Å². The van der Waals surface area contributed by atoms with Gasteiger partial charge in [0.25, 0.3) is 0 Å². The van der Waals surface area contributed by atoms with E-state index in [1.807, 2.05) is 6.08 Å². The number of hydrogen-bond donors (Lipinski definition) is 0. The normalized spacial score (nSPS) is 12.8. The highest BCUT2D eigenvalue weighted by Crippen LogP contribution is 2.13. The van der Waals surface area contributed by atoms with Crippen LogP contribution in [0.4, 0.5) is 0 Å². The van der Waals surface area contributed by atoms with Gasteiger partial charge in [0.15, 0.2) is 0 Å². The molecule has 0 spiro atoms. The first-order valence-electron chi connectivity index (χ1n) is 5.61. The number of esters is 1. The van der Waals surface area contributed by atoms with Crippen molar-refractivity contribution in [2.75, 3.05) is 0 Å². The van der Waals surface area contributed by atoms with Gasteiger partial charge in [-0.1, -0.05) is 31.4 Å². The summed E-state index contributed by atoms with van der Waals surface area (Å²) in [6.07, 6.45) is 7.00. The zero-order chi connectivity index (χ0) is 11.7. The predicted octanol–water partition coefficient (Wildman–Crippen LogP) is 3.98. The second-order valence-electron chi connectivity index (χ2n) is 3.73. The van der Waals surface area contributed by atoms with Crippen LogP contribution < -0.4 is 0 Å². The zero-order valence-electron chi connectivity index (χ0n) is 10.3. The molecule has 0 atom stereocenters. The topological polar surface area (TPSA) is 26.3 Å². The lowest BCUT2D eigenvalue weighted by atomic mass is 10.0. The molecule has 0 fully saturated rings. The number of ether oxygens (including phenoxy) is 1. The average molecular weight is 210 g/mol. The Bertz CT molecular complexity index is 249. The summed E-state index contributed by atoms with van der Waals surface area (Å²) in [5.74, 6) is -0.182. The first-order chi connectivity index (χ1) is 7.11. The van der Waals surface area contributed by atoms with Gasteiger partial charge in [0, 0.05) is 6.42 Å². The lowest BCUT2D eigenvalue weighted by Gasteiger charge is -2.03. The number of carbonyl (C=O) groups is 1. The molecule has 0 saturated heterocycles. The van der Waals surface area contributed by atoms with E-state index in [9.17, 15) is 4.79 Å². The van der Waals surface area contributed by atoms with Crippen molar-refractivity contribution in [2.45, 2.75) is 53.4 Å². The molecule has 0 unspecified atom stereocenters. The van der Waals surface area contributed by atoms with Gasteiger partial charge in [-0.05, 0) is 32.8 Å². The van der Waals surface area contributed by atoms with Crippen LogP contribution >= 0.6 is 0 Å². The van der Waals surface area contributed by atoms with E-state index in [1.165, 1.54) is 23.8 Å². The van der Waals surface area contributed by atoms with Gasteiger partial charge in [0.1, 0.15) is 0 Å². The number of hydrogen-bond acceptors (Lipinski definition) is 2. The molecule has 0 aromatic rings. The SMILES string of the molecule is CCC/C(C)=C(\C)C/C=C/OC(=O)CC. The third-order valence-corrected chi connectivity index (χ3v) is 2.36. The maximum absolute atomic E-state index is 10.8. The molecule has 0 aromatic carbocycles. The number of rotatable bonds is 6. The van der Waals surface area contributed by atoms with Crippen molar-refractivity contribution in [3.63, 3.8) is 0 Å². The molecule has 0 heterocycles. The summed E-state index contributed by atoms with van der Waals surface area (Å²) in [7, 11) is 0. The van der Waals surface area contributed by atoms with E-state index in [0.717, 1.165) is 12.8 Å². The molecule has 0 aliphatic carbocycles. The Labute approximate surface area is 93.0 Å². The molecule has 2 nitrogen and oxygen atoms in total. The molecule has 2 heteroatoms. The summed E-state index contributed by atoms with van der Waals surface area (Å²) in [4.78, 5) is 10.8. The molecule has 0 aromatic heterocycles. The zero-order valence-corrected chi connectivity index (χ0v) is 10.3. The predicted molar refractivity (Wildman–Crippen MR) is 63.4 cm³/mol. The smallest absolute Gasteiger partial charge is 0.310 e. The van der Waals surface area contributed by atoms with E-state index in [-0.39, 0.29) is 5.97 Å². The Kier molecular flexibility index (Phi) is 7.69. The minimum atomic E-state index is -0.182. The van der Waals surface area contributed by atoms with Crippen molar-refractivity contribution in [3.8, 4) is 0 Å². The van der Waals surface area contributed by atoms with E-state index in [1.54, 1.807) is 6.92 Å². The Hall–Kier alpha value is -1.05. The third-order valence-electron chi connectivity index (χ3n) is 2.36. The summed E-state index contributed by atoms with van der Waals surface area (Å²) < 4.78 is 4.84. The third kappa shape index (κ3) is 6.95. The Morgan fingerprint density at radius 2 is 1.87 bits per heavy atom. The molecule has 0 N–H and O–H groups in total. The van der Waals surface area contributed by atoms with Gasteiger partial charge >= 0.3 is 5.97 Å². The highest BCUT2D eigenvalue weighted by molar-refractivity contribution is 5.69. The van der Waals surface area contributed by atoms with Crippen LogP contribution in [0, 0.1) is 0 Å². The van der Waals surface area contributed by atoms with Crippen molar-refractivity contribution in [1.82, 2.24) is 0 Å². The van der Waals surface area contributed by atoms with Crippen molar-refractivity contribution < 1.29 is 9.53 Å². The Balaban J connectivity index is 3.93.